The van der Waals surface area contributed by atoms with Gasteiger partial charge in [0.2, 0.25) is 5.82 Å². The van der Waals surface area contributed by atoms with Gasteiger partial charge < -0.3 is 19.9 Å². The van der Waals surface area contributed by atoms with Crippen molar-refractivity contribution in [2.45, 2.75) is 0 Å². The molecule has 3 aromatic rings. The number of anilines is 1. The second kappa shape index (κ2) is 7.66. The van der Waals surface area contributed by atoms with Gasteiger partial charge >= 0.3 is 11.7 Å². The maximum Gasteiger partial charge on any atom is 0.348 e. The molecule has 1 heterocycles. The highest BCUT2D eigenvalue weighted by Gasteiger charge is 2.20. The summed E-state index contributed by atoms with van der Waals surface area (Å²) in [5, 5.41) is 15.8. The summed E-state index contributed by atoms with van der Waals surface area (Å²) < 4.78 is 11.2. The van der Waals surface area contributed by atoms with Crippen LogP contribution in [0.4, 0.5) is 5.69 Å². The van der Waals surface area contributed by atoms with E-state index < -0.39 is 17.6 Å². The van der Waals surface area contributed by atoms with E-state index in [4.69, 9.17) is 9.47 Å². The third kappa shape index (κ3) is 3.56. The van der Waals surface area contributed by atoms with Crippen LogP contribution in [0.15, 0.2) is 47.3 Å². The quantitative estimate of drug-likeness (QED) is 0.586. The normalized spacial score (nSPS) is 10.4. The van der Waals surface area contributed by atoms with E-state index in [9.17, 15) is 19.5 Å². The van der Waals surface area contributed by atoms with Gasteiger partial charge in [0.15, 0.2) is 11.5 Å². The zero-order valence-corrected chi connectivity index (χ0v) is 14.9. The summed E-state index contributed by atoms with van der Waals surface area (Å²) in [5.74, 6) is -1.92. The molecule has 28 heavy (non-hydrogen) atoms. The number of para-hydroxylation sites is 1. The summed E-state index contributed by atoms with van der Waals surface area (Å²) in [4.78, 5) is 38.5. The molecule has 0 saturated heterocycles. The maximum atomic E-state index is 12.5. The average Bonchev–Trinajstić information content (AvgIpc) is 3.09. The van der Waals surface area contributed by atoms with Crippen LogP contribution >= 0.6 is 0 Å². The molecule has 2 aromatic carbocycles. The van der Waals surface area contributed by atoms with Crippen molar-refractivity contribution in [1.82, 2.24) is 14.8 Å². The van der Waals surface area contributed by atoms with Gasteiger partial charge in [0.25, 0.3) is 5.91 Å². The summed E-state index contributed by atoms with van der Waals surface area (Å²) in [6.45, 7) is 0. The lowest BCUT2D eigenvalue weighted by atomic mass is 10.1. The molecule has 0 aliphatic carbocycles. The van der Waals surface area contributed by atoms with Crippen LogP contribution in [0.5, 0.6) is 11.5 Å². The summed E-state index contributed by atoms with van der Waals surface area (Å²) in [5.41, 5.74) is -0.386. The molecule has 3 rings (SSSR count). The van der Waals surface area contributed by atoms with Crippen LogP contribution in [0.3, 0.4) is 0 Å². The van der Waals surface area contributed by atoms with Crippen molar-refractivity contribution >= 4 is 17.6 Å². The second-order valence-corrected chi connectivity index (χ2v) is 5.54. The Hall–Kier alpha value is -4.08. The fourth-order valence-corrected chi connectivity index (χ4v) is 2.51. The van der Waals surface area contributed by atoms with Gasteiger partial charge in [-0.3, -0.25) is 9.78 Å². The zero-order valence-electron chi connectivity index (χ0n) is 14.9. The molecule has 1 amide bonds. The van der Waals surface area contributed by atoms with Crippen LogP contribution in [-0.2, 0) is 0 Å². The number of hydrogen-bond acceptors (Lipinski definition) is 6. The maximum absolute atomic E-state index is 12.5. The summed E-state index contributed by atoms with van der Waals surface area (Å²) in [6, 6.07) is 11.1. The number of carbonyl (C=O) groups excluding carboxylic acids is 1. The Balaban J connectivity index is 1.96. The highest BCUT2D eigenvalue weighted by molar-refractivity contribution is 6.06. The Bertz CT molecular complexity index is 1090. The summed E-state index contributed by atoms with van der Waals surface area (Å²) in [7, 11) is 2.74. The van der Waals surface area contributed by atoms with Gasteiger partial charge in [0, 0.05) is 12.1 Å². The summed E-state index contributed by atoms with van der Waals surface area (Å²) >= 11 is 0. The molecule has 144 valence electrons. The Labute approximate surface area is 158 Å². The number of aromatic nitrogens is 3. The van der Waals surface area contributed by atoms with Crippen molar-refractivity contribution in [1.29, 1.82) is 0 Å². The molecule has 0 radical (unpaired) electrons. The molecule has 0 saturated carbocycles. The van der Waals surface area contributed by atoms with Crippen molar-refractivity contribution in [2.24, 2.45) is 0 Å². The fourth-order valence-electron chi connectivity index (χ4n) is 2.51. The molecule has 0 fully saturated rings. The zero-order chi connectivity index (χ0) is 20.3. The van der Waals surface area contributed by atoms with E-state index >= 15 is 0 Å². The standard InChI is InChI=1S/C18H16N4O6/c1-27-13-8-11(17(24)25)12(9-14(13)28-2)19-16(23)15-20-18(26)22(21-15)10-6-4-3-5-7-10/h3-9H,1-2H3,(H,19,23)(H,24,25)(H,20,21,26). The van der Waals surface area contributed by atoms with E-state index in [-0.39, 0.29) is 28.6 Å². The predicted molar refractivity (Wildman–Crippen MR) is 98.6 cm³/mol. The third-order valence-electron chi connectivity index (χ3n) is 3.84. The van der Waals surface area contributed by atoms with Crippen LogP contribution in [0, 0.1) is 0 Å². The monoisotopic (exact) mass is 384 g/mol. The Kier molecular flexibility index (Phi) is 5.12. The number of nitrogens with one attached hydrogen (secondary N) is 2. The average molecular weight is 384 g/mol. The van der Waals surface area contributed by atoms with Crippen LogP contribution in [0.1, 0.15) is 21.0 Å². The van der Waals surface area contributed by atoms with Crippen LogP contribution in [0.2, 0.25) is 0 Å². The van der Waals surface area contributed by atoms with Crippen molar-refractivity contribution in [3.8, 4) is 17.2 Å². The van der Waals surface area contributed by atoms with Gasteiger partial charge in [0.1, 0.15) is 0 Å². The third-order valence-corrected chi connectivity index (χ3v) is 3.84. The highest BCUT2D eigenvalue weighted by atomic mass is 16.5. The second-order valence-electron chi connectivity index (χ2n) is 5.54. The van der Waals surface area contributed by atoms with Crippen molar-refractivity contribution in [3.05, 3.63) is 64.3 Å². The number of rotatable bonds is 6. The van der Waals surface area contributed by atoms with Gasteiger partial charge in [-0.25, -0.2) is 9.59 Å². The number of carbonyl (C=O) groups is 2. The number of benzene rings is 2. The van der Waals surface area contributed by atoms with E-state index in [0.717, 1.165) is 4.68 Å². The lowest BCUT2D eigenvalue weighted by Gasteiger charge is -2.13. The molecular weight excluding hydrogens is 368 g/mol. The van der Waals surface area contributed by atoms with Gasteiger partial charge in [-0.05, 0) is 12.1 Å². The molecule has 0 bridgehead atoms. The number of ether oxygens (including phenoxy) is 2. The number of hydrogen-bond donors (Lipinski definition) is 3. The first-order chi connectivity index (χ1) is 13.4. The molecule has 0 atom stereocenters. The van der Waals surface area contributed by atoms with E-state index in [1.807, 2.05) is 0 Å². The van der Waals surface area contributed by atoms with Crippen LogP contribution in [0.25, 0.3) is 5.69 Å². The number of carboxylic acid groups (broad SMARTS) is 1. The fraction of sp³-hybridized carbons (Fsp3) is 0.111. The van der Waals surface area contributed by atoms with Gasteiger partial charge in [0.05, 0.1) is 31.2 Å². The van der Waals surface area contributed by atoms with E-state index in [1.54, 1.807) is 30.3 Å². The van der Waals surface area contributed by atoms with Crippen LogP contribution < -0.4 is 20.5 Å². The summed E-state index contributed by atoms with van der Waals surface area (Å²) in [6.07, 6.45) is 0. The van der Waals surface area contributed by atoms with E-state index in [2.05, 4.69) is 15.4 Å². The predicted octanol–water partition coefficient (Wildman–Crippen LogP) is 1.53. The smallest absolute Gasteiger partial charge is 0.348 e. The minimum Gasteiger partial charge on any atom is -0.493 e. The van der Waals surface area contributed by atoms with Gasteiger partial charge in [-0.2, -0.15) is 4.68 Å². The first-order valence-electron chi connectivity index (χ1n) is 8.00. The highest BCUT2D eigenvalue weighted by Crippen LogP contribution is 2.33. The SMILES string of the molecule is COc1cc(NC(=O)c2nn(-c3ccccc3)c(=O)[nH]2)c(C(=O)O)cc1OC. The number of carboxylic acids is 1. The topological polar surface area (TPSA) is 136 Å². The van der Waals surface area contributed by atoms with Gasteiger partial charge in [-0.15, -0.1) is 5.10 Å². The van der Waals surface area contributed by atoms with Gasteiger partial charge in [-0.1, -0.05) is 18.2 Å². The number of H-pyrrole nitrogens is 1. The molecule has 10 nitrogen and oxygen atoms in total. The molecule has 0 aliphatic heterocycles. The Morgan fingerprint density at radius 3 is 2.36 bits per heavy atom. The molecule has 3 N–H and O–H groups in total. The lowest BCUT2D eigenvalue weighted by Crippen LogP contribution is -2.17. The number of aromatic amines is 1. The van der Waals surface area contributed by atoms with Crippen LogP contribution in [-0.4, -0.2) is 46.0 Å². The van der Waals surface area contributed by atoms with E-state index in [1.165, 1.54) is 26.4 Å². The van der Waals surface area contributed by atoms with Crippen molar-refractivity contribution < 1.29 is 24.2 Å². The number of nitrogens with zero attached hydrogens (tertiary/aromatic N) is 2. The molecule has 10 heteroatoms. The molecule has 0 spiro atoms. The first-order valence-corrected chi connectivity index (χ1v) is 8.00. The molecule has 0 unspecified atom stereocenters. The Morgan fingerprint density at radius 1 is 1.11 bits per heavy atom. The van der Waals surface area contributed by atoms with E-state index in [0.29, 0.717) is 5.69 Å². The minimum atomic E-state index is -1.28. The lowest BCUT2D eigenvalue weighted by molar-refractivity contribution is 0.0697. The number of amides is 1. The minimum absolute atomic E-state index is 0.0368. The largest absolute Gasteiger partial charge is 0.493 e. The Morgan fingerprint density at radius 2 is 1.75 bits per heavy atom. The number of aromatic carboxylic acids is 1. The molecular formula is C18H16N4O6. The first kappa shape index (κ1) is 18.7. The number of methoxy groups -OCH3 is 2. The van der Waals surface area contributed by atoms with Crippen molar-refractivity contribution in [3.63, 3.8) is 0 Å². The molecule has 0 aliphatic rings. The molecule has 1 aromatic heterocycles. The van der Waals surface area contributed by atoms with Crippen molar-refractivity contribution in [2.75, 3.05) is 19.5 Å².